The molecule has 0 spiro atoms. The summed E-state index contributed by atoms with van der Waals surface area (Å²) in [5.41, 5.74) is 3.12. The average molecular weight is 370 g/mol. The fraction of sp³-hybridized carbons (Fsp3) is 0.250. The summed E-state index contributed by atoms with van der Waals surface area (Å²) in [6.07, 6.45) is 2.72. The Balaban J connectivity index is 2.14. The number of hydrogen-bond donors (Lipinski definition) is 2. The van der Waals surface area contributed by atoms with Crippen LogP contribution in [0, 0.1) is 0 Å². The zero-order valence-electron chi connectivity index (χ0n) is 15.3. The Morgan fingerprint density at radius 3 is 2.35 bits per heavy atom. The normalized spacial score (nSPS) is 11.8. The van der Waals surface area contributed by atoms with Gasteiger partial charge in [0.15, 0.2) is 17.4 Å². The minimum atomic E-state index is 0.0941. The van der Waals surface area contributed by atoms with E-state index >= 15 is 0 Å². The highest BCUT2D eigenvalue weighted by Crippen LogP contribution is 2.37. The van der Waals surface area contributed by atoms with Crippen molar-refractivity contribution in [3.05, 3.63) is 42.0 Å². The number of H-pyrrole nitrogens is 1. The first kappa shape index (κ1) is 18.2. The van der Waals surface area contributed by atoms with Crippen LogP contribution in [0.25, 0.3) is 10.9 Å². The Morgan fingerprint density at radius 2 is 1.77 bits per heavy atom. The molecule has 0 radical (unpaired) electrons. The van der Waals surface area contributed by atoms with Crippen molar-refractivity contribution in [3.8, 4) is 17.4 Å². The first-order chi connectivity index (χ1) is 12.6. The Hall–Kier alpha value is -2.60. The van der Waals surface area contributed by atoms with Crippen LogP contribution >= 0.6 is 11.8 Å². The Morgan fingerprint density at radius 1 is 1.12 bits per heavy atom. The van der Waals surface area contributed by atoms with Gasteiger partial charge in [-0.3, -0.25) is 4.99 Å². The lowest BCUT2D eigenvalue weighted by atomic mass is 10.1. The van der Waals surface area contributed by atoms with E-state index in [1.54, 1.807) is 26.0 Å². The highest BCUT2D eigenvalue weighted by molar-refractivity contribution is 7.98. The molecule has 0 fully saturated rings. The van der Waals surface area contributed by atoms with Gasteiger partial charge in [-0.15, -0.1) is 11.8 Å². The molecule has 0 aliphatic carbocycles. The number of aromatic nitrogens is 1. The van der Waals surface area contributed by atoms with E-state index in [0.29, 0.717) is 23.5 Å². The van der Waals surface area contributed by atoms with Crippen LogP contribution in [0.1, 0.15) is 18.9 Å². The fourth-order valence-corrected chi connectivity index (χ4v) is 3.33. The Bertz CT molecular complexity index is 946. The van der Waals surface area contributed by atoms with Crippen LogP contribution in [0.3, 0.4) is 0 Å². The lowest BCUT2D eigenvalue weighted by molar-refractivity contribution is 0.356. The summed E-state index contributed by atoms with van der Waals surface area (Å²) in [5.74, 6) is 1.31. The van der Waals surface area contributed by atoms with Gasteiger partial charge in [0, 0.05) is 16.3 Å². The third-order valence-electron chi connectivity index (χ3n) is 4.24. The number of thioether (sulfide) groups is 1. The summed E-state index contributed by atoms with van der Waals surface area (Å²) in [4.78, 5) is 8.96. The molecule has 1 aromatic heterocycles. The molecule has 136 valence electrons. The van der Waals surface area contributed by atoms with Crippen molar-refractivity contribution in [2.24, 2.45) is 4.99 Å². The fourth-order valence-electron chi connectivity index (χ4n) is 2.92. The van der Waals surface area contributed by atoms with Gasteiger partial charge in [-0.05, 0) is 43.0 Å². The molecular formula is C20H22N2O3S. The SMILES string of the molecule is CCC(=Nc1ccc(SC)cc1)c1c(O)[nH]c2cc(OC)c(OC)cc12. The lowest BCUT2D eigenvalue weighted by Gasteiger charge is -2.09. The first-order valence-electron chi connectivity index (χ1n) is 8.29. The number of fused-ring (bicyclic) bond motifs is 1. The van der Waals surface area contributed by atoms with Crippen LogP contribution in [0.5, 0.6) is 17.4 Å². The minimum Gasteiger partial charge on any atom is -0.494 e. The van der Waals surface area contributed by atoms with Crippen LogP contribution in [-0.4, -0.2) is 36.3 Å². The first-order valence-corrected chi connectivity index (χ1v) is 9.52. The van der Waals surface area contributed by atoms with Crippen molar-refractivity contribution in [3.63, 3.8) is 0 Å². The van der Waals surface area contributed by atoms with E-state index in [2.05, 4.69) is 4.98 Å². The van der Waals surface area contributed by atoms with Gasteiger partial charge in [-0.2, -0.15) is 0 Å². The molecule has 0 amide bonds. The van der Waals surface area contributed by atoms with E-state index in [4.69, 9.17) is 14.5 Å². The summed E-state index contributed by atoms with van der Waals surface area (Å²) < 4.78 is 10.7. The van der Waals surface area contributed by atoms with E-state index in [0.717, 1.165) is 22.3 Å². The van der Waals surface area contributed by atoms with E-state index in [9.17, 15) is 5.11 Å². The number of ether oxygens (including phenoxy) is 2. The maximum atomic E-state index is 10.5. The molecule has 0 aliphatic heterocycles. The molecule has 3 aromatic rings. The molecule has 0 aliphatic rings. The highest BCUT2D eigenvalue weighted by Gasteiger charge is 2.18. The predicted octanol–water partition coefficient (Wildman–Crippen LogP) is 5.14. The van der Waals surface area contributed by atoms with Gasteiger partial charge in [0.25, 0.3) is 0 Å². The third-order valence-corrected chi connectivity index (χ3v) is 4.99. The monoisotopic (exact) mass is 370 g/mol. The second kappa shape index (κ2) is 7.74. The van der Waals surface area contributed by atoms with Gasteiger partial charge < -0.3 is 19.6 Å². The van der Waals surface area contributed by atoms with Gasteiger partial charge in [0.05, 0.1) is 36.7 Å². The van der Waals surface area contributed by atoms with Crippen molar-refractivity contribution in [1.29, 1.82) is 0 Å². The zero-order chi connectivity index (χ0) is 18.7. The van der Waals surface area contributed by atoms with E-state index in [1.807, 2.05) is 49.6 Å². The minimum absolute atomic E-state index is 0.0941. The largest absolute Gasteiger partial charge is 0.494 e. The van der Waals surface area contributed by atoms with Crippen molar-refractivity contribution in [1.82, 2.24) is 4.98 Å². The van der Waals surface area contributed by atoms with Gasteiger partial charge in [0.1, 0.15) is 0 Å². The van der Waals surface area contributed by atoms with E-state index < -0.39 is 0 Å². The molecule has 0 unspecified atom stereocenters. The molecule has 6 heteroatoms. The molecule has 2 aromatic carbocycles. The van der Waals surface area contributed by atoms with Crippen molar-refractivity contribution < 1.29 is 14.6 Å². The maximum Gasteiger partial charge on any atom is 0.198 e. The zero-order valence-corrected chi connectivity index (χ0v) is 16.1. The van der Waals surface area contributed by atoms with Gasteiger partial charge in [0.2, 0.25) is 0 Å². The summed E-state index contributed by atoms with van der Waals surface area (Å²) >= 11 is 1.69. The number of hydrogen-bond acceptors (Lipinski definition) is 5. The number of nitrogens with one attached hydrogen (secondary N) is 1. The Labute approximate surface area is 157 Å². The molecule has 26 heavy (non-hydrogen) atoms. The molecule has 0 atom stereocenters. The number of methoxy groups -OCH3 is 2. The standard InChI is InChI=1S/C20H22N2O3S/c1-5-15(21-12-6-8-13(26-4)9-7-12)19-14-10-17(24-2)18(25-3)11-16(14)22-20(19)23/h6-11,22-23H,5H2,1-4H3. The van der Waals surface area contributed by atoms with Crippen LogP contribution in [0.15, 0.2) is 46.3 Å². The number of nitrogens with zero attached hydrogens (tertiary/aromatic N) is 1. The number of aromatic hydroxyl groups is 1. The third kappa shape index (κ3) is 3.37. The predicted molar refractivity (Wildman–Crippen MR) is 108 cm³/mol. The van der Waals surface area contributed by atoms with Gasteiger partial charge in [-0.25, -0.2) is 0 Å². The number of rotatable bonds is 6. The van der Waals surface area contributed by atoms with Crippen molar-refractivity contribution in [2.45, 2.75) is 18.2 Å². The van der Waals surface area contributed by atoms with Crippen LogP contribution < -0.4 is 9.47 Å². The molecule has 3 rings (SSSR count). The number of aliphatic imine (C=N–C) groups is 1. The van der Waals surface area contributed by atoms with Crippen LogP contribution in [-0.2, 0) is 0 Å². The molecule has 0 saturated carbocycles. The number of benzene rings is 2. The second-order valence-corrected chi connectivity index (χ2v) is 6.59. The summed E-state index contributed by atoms with van der Waals surface area (Å²) in [5, 5.41) is 11.4. The molecule has 0 bridgehead atoms. The van der Waals surface area contributed by atoms with Crippen LogP contribution in [0.2, 0.25) is 0 Å². The van der Waals surface area contributed by atoms with E-state index in [-0.39, 0.29) is 5.88 Å². The summed E-state index contributed by atoms with van der Waals surface area (Å²) in [6.45, 7) is 2.02. The van der Waals surface area contributed by atoms with E-state index in [1.165, 1.54) is 4.90 Å². The summed E-state index contributed by atoms with van der Waals surface area (Å²) in [6, 6.07) is 11.7. The molecule has 1 heterocycles. The van der Waals surface area contributed by atoms with Crippen molar-refractivity contribution in [2.75, 3.05) is 20.5 Å². The highest BCUT2D eigenvalue weighted by atomic mass is 32.2. The smallest absolute Gasteiger partial charge is 0.198 e. The Kier molecular flexibility index (Phi) is 5.42. The lowest BCUT2D eigenvalue weighted by Crippen LogP contribution is -1.98. The molecule has 2 N–H and O–H groups in total. The van der Waals surface area contributed by atoms with Gasteiger partial charge in [-0.1, -0.05) is 6.92 Å². The second-order valence-electron chi connectivity index (χ2n) is 5.71. The van der Waals surface area contributed by atoms with Crippen molar-refractivity contribution >= 4 is 34.1 Å². The number of aromatic amines is 1. The van der Waals surface area contributed by atoms with Crippen LogP contribution in [0.4, 0.5) is 5.69 Å². The maximum absolute atomic E-state index is 10.5. The molecule has 0 saturated heterocycles. The summed E-state index contributed by atoms with van der Waals surface area (Å²) in [7, 11) is 3.18. The molecule has 5 nitrogen and oxygen atoms in total. The topological polar surface area (TPSA) is 66.8 Å². The quantitative estimate of drug-likeness (QED) is 0.465. The molecular weight excluding hydrogens is 348 g/mol. The average Bonchev–Trinajstić information content (AvgIpc) is 3.00. The van der Waals surface area contributed by atoms with Gasteiger partial charge >= 0.3 is 0 Å².